The lowest BCUT2D eigenvalue weighted by Gasteiger charge is -2.13. The first-order valence-corrected chi connectivity index (χ1v) is 15.1. The van der Waals surface area contributed by atoms with Gasteiger partial charge in [-0.3, -0.25) is 9.59 Å². The number of hydrogen-bond donors (Lipinski definition) is 2. The minimum atomic E-state index is -0.250. The van der Waals surface area contributed by atoms with E-state index in [-0.39, 0.29) is 37.6 Å². The average Bonchev–Trinajstić information content (AvgIpc) is 3.07. The Morgan fingerprint density at radius 2 is 1.32 bits per heavy atom. The summed E-state index contributed by atoms with van der Waals surface area (Å²) in [5.74, 6) is 0.794. The molecule has 0 saturated carbocycles. The number of rotatable bonds is 25. The summed E-state index contributed by atoms with van der Waals surface area (Å²) >= 11 is 0. The van der Waals surface area contributed by atoms with E-state index in [9.17, 15) is 9.59 Å². The molecule has 12 nitrogen and oxygen atoms in total. The second-order valence-electron chi connectivity index (χ2n) is 9.63. The predicted octanol–water partition coefficient (Wildman–Crippen LogP) is 4.00. The first-order valence-electron chi connectivity index (χ1n) is 15.1. The van der Waals surface area contributed by atoms with Crippen molar-refractivity contribution in [1.82, 2.24) is 5.32 Å². The molecule has 0 saturated heterocycles. The Morgan fingerprint density at radius 1 is 0.766 bits per heavy atom. The first kappa shape index (κ1) is 39.1. The predicted molar refractivity (Wildman–Crippen MR) is 182 cm³/mol. The van der Waals surface area contributed by atoms with Gasteiger partial charge in [0.25, 0.3) is 5.91 Å². The first-order chi connectivity index (χ1) is 22.6. The van der Waals surface area contributed by atoms with E-state index in [1.54, 1.807) is 48.6 Å². The highest BCUT2D eigenvalue weighted by molar-refractivity contribution is 5.94. The monoisotopic (exact) mass is 656 g/mol. The number of nitrogens with two attached hydrogens (primary N) is 1. The van der Waals surface area contributed by atoms with Crippen molar-refractivity contribution in [3.05, 3.63) is 83.6 Å². The van der Waals surface area contributed by atoms with Crippen LogP contribution in [-0.4, -0.2) is 98.3 Å². The minimum absolute atomic E-state index is 0. The number of carbonyl (C=O) groups excluding carboxylic acids is 1. The molecule has 0 aliphatic rings. The van der Waals surface area contributed by atoms with Gasteiger partial charge in [-0.05, 0) is 24.3 Å². The summed E-state index contributed by atoms with van der Waals surface area (Å²) in [7, 11) is 0. The van der Waals surface area contributed by atoms with Crippen LogP contribution in [0.4, 0.5) is 0 Å². The lowest BCUT2D eigenvalue weighted by Crippen LogP contribution is -2.27. The second-order valence-corrected chi connectivity index (χ2v) is 9.63. The molecule has 3 aromatic rings. The van der Waals surface area contributed by atoms with Crippen LogP contribution in [0.1, 0.15) is 17.8 Å². The Bertz CT molecular complexity index is 1410. The van der Waals surface area contributed by atoms with Gasteiger partial charge in [0.1, 0.15) is 19.0 Å². The van der Waals surface area contributed by atoms with Crippen molar-refractivity contribution in [2.24, 2.45) is 5.73 Å². The fourth-order valence-electron chi connectivity index (χ4n) is 4.05. The Balaban J connectivity index is 0.00000768. The van der Waals surface area contributed by atoms with E-state index in [1.165, 1.54) is 6.07 Å². The summed E-state index contributed by atoms with van der Waals surface area (Å²) in [5.41, 5.74) is 6.43. The fourth-order valence-corrected chi connectivity index (χ4v) is 4.05. The van der Waals surface area contributed by atoms with Crippen LogP contribution in [-0.2, 0) is 23.7 Å². The van der Waals surface area contributed by atoms with Crippen molar-refractivity contribution in [3.63, 3.8) is 0 Å². The Hall–Kier alpha value is -4.04. The van der Waals surface area contributed by atoms with E-state index in [0.717, 1.165) is 0 Å². The molecule has 0 aliphatic carbocycles. The van der Waals surface area contributed by atoms with E-state index < -0.39 is 0 Å². The van der Waals surface area contributed by atoms with Gasteiger partial charge < -0.3 is 48.6 Å². The molecule has 258 valence electrons. The zero-order valence-corrected chi connectivity index (χ0v) is 26.2. The van der Waals surface area contributed by atoms with Crippen LogP contribution in [0.15, 0.2) is 77.0 Å². The Labute approximate surface area is 276 Å². The number of benzene rings is 2. The topological polar surface area (TPSA) is 150 Å². The molecule has 12 heteroatoms. The SMILES string of the molecule is C.C=CCOc1ccc2c(=O)cc(-c3ccc(C(=O)NCCOCCOCCOCCOCCOCCN)cc3)oc2c1OCC=C. The second kappa shape index (κ2) is 23.3. The van der Waals surface area contributed by atoms with Gasteiger partial charge in [0.05, 0.1) is 71.5 Å². The van der Waals surface area contributed by atoms with Crippen molar-refractivity contribution in [1.29, 1.82) is 0 Å². The Morgan fingerprint density at radius 3 is 1.89 bits per heavy atom. The average molecular weight is 657 g/mol. The van der Waals surface area contributed by atoms with Gasteiger partial charge in [-0.15, -0.1) is 0 Å². The van der Waals surface area contributed by atoms with E-state index >= 15 is 0 Å². The molecule has 0 bridgehead atoms. The molecular formula is C35H48N2O10. The number of hydrogen-bond acceptors (Lipinski definition) is 11. The summed E-state index contributed by atoms with van der Waals surface area (Å²) in [6.45, 7) is 13.3. The molecule has 1 amide bonds. The Kier molecular flexibility index (Phi) is 19.4. The number of fused-ring (bicyclic) bond motifs is 1. The quantitative estimate of drug-likeness (QED) is 0.101. The fraction of sp³-hybridized carbons (Fsp3) is 0.429. The minimum Gasteiger partial charge on any atom is -0.486 e. The summed E-state index contributed by atoms with van der Waals surface area (Å²) in [6, 6.07) is 11.5. The molecule has 1 aromatic heterocycles. The summed E-state index contributed by atoms with van der Waals surface area (Å²) in [6.07, 6.45) is 3.20. The molecule has 3 rings (SSSR count). The number of nitrogens with one attached hydrogen (secondary N) is 1. The maximum absolute atomic E-state index is 12.9. The smallest absolute Gasteiger partial charge is 0.251 e. The molecule has 0 spiro atoms. The van der Waals surface area contributed by atoms with Crippen LogP contribution in [0.2, 0.25) is 0 Å². The molecular weight excluding hydrogens is 608 g/mol. The highest BCUT2D eigenvalue weighted by atomic mass is 16.6. The van der Waals surface area contributed by atoms with Crippen LogP contribution < -0.4 is 26.0 Å². The highest BCUT2D eigenvalue weighted by Gasteiger charge is 2.17. The number of carbonyl (C=O) groups is 1. The maximum atomic E-state index is 12.9. The van der Waals surface area contributed by atoms with Crippen molar-refractivity contribution < 1.29 is 42.4 Å². The molecule has 2 aromatic carbocycles. The van der Waals surface area contributed by atoms with E-state index in [4.69, 9.17) is 43.3 Å². The third-order valence-corrected chi connectivity index (χ3v) is 6.23. The van der Waals surface area contributed by atoms with E-state index in [1.807, 2.05) is 0 Å². The van der Waals surface area contributed by atoms with E-state index in [0.29, 0.717) is 113 Å². The van der Waals surface area contributed by atoms with Crippen molar-refractivity contribution in [2.45, 2.75) is 7.43 Å². The van der Waals surface area contributed by atoms with Gasteiger partial charge in [0.2, 0.25) is 5.75 Å². The van der Waals surface area contributed by atoms with Crippen molar-refractivity contribution in [3.8, 4) is 22.8 Å². The van der Waals surface area contributed by atoms with Crippen LogP contribution in [0.5, 0.6) is 11.5 Å². The lowest BCUT2D eigenvalue weighted by molar-refractivity contribution is -0.0102. The number of amides is 1. The third kappa shape index (κ3) is 13.7. The van der Waals surface area contributed by atoms with Crippen LogP contribution in [0.3, 0.4) is 0 Å². The van der Waals surface area contributed by atoms with Gasteiger partial charge in [0, 0.05) is 30.3 Å². The summed E-state index contributed by atoms with van der Waals surface area (Å²) in [4.78, 5) is 25.5. The zero-order valence-electron chi connectivity index (χ0n) is 26.2. The molecule has 3 N–H and O–H groups in total. The van der Waals surface area contributed by atoms with Gasteiger partial charge in [-0.2, -0.15) is 0 Å². The largest absolute Gasteiger partial charge is 0.486 e. The molecule has 0 unspecified atom stereocenters. The van der Waals surface area contributed by atoms with Gasteiger partial charge in [0.15, 0.2) is 16.8 Å². The standard InChI is InChI=1S/C34H44N2O10.CH4/c1-3-13-44-30-10-9-28-29(37)25-31(46-32(28)33(30)45-14-4-2)26-5-7-27(8-6-26)34(38)36-12-16-40-18-20-42-22-24-43-23-21-41-19-17-39-15-11-35;/h3-10,25H,1-2,11-24,35H2,(H,36,38);1H4. The summed E-state index contributed by atoms with van der Waals surface area (Å²) < 4.78 is 44.6. The summed E-state index contributed by atoms with van der Waals surface area (Å²) in [5, 5.41) is 3.17. The third-order valence-electron chi connectivity index (χ3n) is 6.23. The molecule has 0 radical (unpaired) electrons. The molecule has 0 atom stereocenters. The molecule has 1 heterocycles. The van der Waals surface area contributed by atoms with Crippen LogP contribution in [0.25, 0.3) is 22.3 Å². The zero-order chi connectivity index (χ0) is 32.8. The van der Waals surface area contributed by atoms with Gasteiger partial charge in [-0.1, -0.05) is 44.9 Å². The van der Waals surface area contributed by atoms with Crippen LogP contribution in [0, 0.1) is 0 Å². The molecule has 0 fully saturated rings. The molecule has 0 aliphatic heterocycles. The maximum Gasteiger partial charge on any atom is 0.251 e. The van der Waals surface area contributed by atoms with Gasteiger partial charge in [-0.25, -0.2) is 0 Å². The molecule has 47 heavy (non-hydrogen) atoms. The highest BCUT2D eigenvalue weighted by Crippen LogP contribution is 2.36. The van der Waals surface area contributed by atoms with E-state index in [2.05, 4.69) is 18.5 Å². The van der Waals surface area contributed by atoms with Gasteiger partial charge >= 0.3 is 0 Å². The van der Waals surface area contributed by atoms with Crippen LogP contribution >= 0.6 is 0 Å². The van der Waals surface area contributed by atoms with Crippen molar-refractivity contribution in [2.75, 3.05) is 92.4 Å². The number of ether oxygens (including phenoxy) is 7. The normalized spacial score (nSPS) is 10.7. The van der Waals surface area contributed by atoms with Crippen molar-refractivity contribution >= 4 is 16.9 Å². The lowest BCUT2D eigenvalue weighted by atomic mass is 10.1.